The number of carbonyl (C=O) groups is 1. The molecule has 0 spiro atoms. The van der Waals surface area contributed by atoms with E-state index in [4.69, 9.17) is 14.7 Å². The number of aromatic nitrogens is 3. The normalized spacial score (nSPS) is 17.5. The molecule has 1 saturated heterocycles. The number of nitrogens with zero attached hydrogens (tertiary/aromatic N) is 4. The fraction of sp³-hybridized carbons (Fsp3) is 0.371. The Morgan fingerprint density at radius 2 is 1.71 bits per heavy atom. The van der Waals surface area contributed by atoms with Crippen molar-refractivity contribution < 1.29 is 9.53 Å². The van der Waals surface area contributed by atoms with E-state index in [-0.39, 0.29) is 17.4 Å². The summed E-state index contributed by atoms with van der Waals surface area (Å²) in [5.74, 6) is 2.72. The fourth-order valence-corrected chi connectivity index (χ4v) is 6.41. The van der Waals surface area contributed by atoms with E-state index in [2.05, 4.69) is 46.4 Å². The van der Waals surface area contributed by atoms with Gasteiger partial charge in [-0.1, -0.05) is 62.2 Å². The molecule has 4 aromatic rings. The summed E-state index contributed by atoms with van der Waals surface area (Å²) in [5, 5.41) is 3.24. The van der Waals surface area contributed by atoms with E-state index in [1.165, 1.54) is 5.56 Å². The average Bonchev–Trinajstić information content (AvgIpc) is 3.53. The number of hydrogen-bond acceptors (Lipinski definition) is 6. The summed E-state index contributed by atoms with van der Waals surface area (Å²) in [5.41, 5.74) is 3.29. The Hall–Kier alpha value is -4.26. The molecule has 2 aromatic carbocycles. The van der Waals surface area contributed by atoms with Crippen LogP contribution in [-0.2, 0) is 5.41 Å². The Balaban J connectivity index is 1.31. The number of rotatable bonds is 8. The van der Waals surface area contributed by atoms with Crippen LogP contribution >= 0.6 is 0 Å². The van der Waals surface area contributed by atoms with Gasteiger partial charge in [0, 0.05) is 37.1 Å². The Kier molecular flexibility index (Phi) is 8.17. The molecule has 1 amide bonds. The van der Waals surface area contributed by atoms with Crippen LogP contribution in [0.1, 0.15) is 85.6 Å². The van der Waals surface area contributed by atoms with Gasteiger partial charge in [0.15, 0.2) is 0 Å². The number of piperidine rings is 1. The zero-order valence-corrected chi connectivity index (χ0v) is 24.5. The van der Waals surface area contributed by atoms with Gasteiger partial charge in [-0.15, -0.1) is 0 Å². The summed E-state index contributed by atoms with van der Waals surface area (Å²) in [6.07, 6.45) is 11.6. The van der Waals surface area contributed by atoms with E-state index in [1.54, 1.807) is 18.6 Å². The van der Waals surface area contributed by atoms with E-state index in [1.807, 2.05) is 49.4 Å². The summed E-state index contributed by atoms with van der Waals surface area (Å²) < 4.78 is 6.01. The van der Waals surface area contributed by atoms with Crippen molar-refractivity contribution in [2.45, 2.75) is 63.8 Å². The topological polar surface area (TPSA) is 80.2 Å². The summed E-state index contributed by atoms with van der Waals surface area (Å²) in [6.45, 7) is 6.19. The lowest BCUT2D eigenvalue weighted by atomic mass is 9.74. The highest BCUT2D eigenvalue weighted by Gasteiger charge is 2.42. The van der Waals surface area contributed by atoms with E-state index in [0.29, 0.717) is 23.0 Å². The van der Waals surface area contributed by atoms with Crippen molar-refractivity contribution in [2.75, 3.05) is 18.0 Å². The molecular weight excluding hydrogens is 522 g/mol. The maximum atomic E-state index is 14.0. The zero-order chi connectivity index (χ0) is 28.9. The van der Waals surface area contributed by atoms with Gasteiger partial charge in [-0.2, -0.15) is 0 Å². The van der Waals surface area contributed by atoms with Crippen molar-refractivity contribution in [3.63, 3.8) is 0 Å². The summed E-state index contributed by atoms with van der Waals surface area (Å²) in [7, 11) is 0. The summed E-state index contributed by atoms with van der Waals surface area (Å²) in [4.78, 5) is 30.4. The number of carbonyl (C=O) groups excluding carboxylic acids is 1. The van der Waals surface area contributed by atoms with E-state index >= 15 is 0 Å². The standard InChI is InChI=1S/C35H39N5O2/c1-25-15-21-40(22-16-25)34-37-24-31(32(39-34)35(17-6-7-18-35)28-10-4-3-5-11-28)33(41)38-26(2)27-9-8-12-30(23-27)42-29-13-19-36-20-14-29/h3-5,8-14,19-20,23-26H,6-7,15-18,21-22H2,1-2H3,(H,38,41)/t26-/m0/s1. The quantitative estimate of drug-likeness (QED) is 0.244. The lowest BCUT2D eigenvalue weighted by molar-refractivity contribution is 0.0936. The minimum atomic E-state index is -0.309. The van der Waals surface area contributed by atoms with Gasteiger partial charge in [-0.05, 0) is 73.9 Å². The molecule has 0 unspecified atom stereocenters. The first kappa shape index (κ1) is 27.9. The second-order valence-corrected chi connectivity index (χ2v) is 11.8. The Labute approximate surface area is 248 Å². The number of ether oxygens (including phenoxy) is 1. The van der Waals surface area contributed by atoms with Gasteiger partial charge in [0.1, 0.15) is 11.5 Å². The highest BCUT2D eigenvalue weighted by Crippen LogP contribution is 2.47. The zero-order valence-electron chi connectivity index (χ0n) is 24.5. The predicted molar refractivity (Wildman–Crippen MR) is 165 cm³/mol. The summed E-state index contributed by atoms with van der Waals surface area (Å²) >= 11 is 0. The number of pyridine rings is 1. The summed E-state index contributed by atoms with van der Waals surface area (Å²) in [6, 6.07) is 21.8. The molecule has 1 saturated carbocycles. The molecule has 0 radical (unpaired) electrons. The van der Waals surface area contributed by atoms with Crippen molar-refractivity contribution >= 4 is 11.9 Å². The van der Waals surface area contributed by atoms with Crippen molar-refractivity contribution in [1.82, 2.24) is 20.3 Å². The molecule has 1 aliphatic heterocycles. The van der Waals surface area contributed by atoms with Gasteiger partial charge in [-0.3, -0.25) is 9.78 Å². The first-order valence-electron chi connectivity index (χ1n) is 15.2. The fourth-order valence-electron chi connectivity index (χ4n) is 6.41. The molecule has 1 aliphatic carbocycles. The maximum Gasteiger partial charge on any atom is 0.255 e. The molecule has 42 heavy (non-hydrogen) atoms. The maximum absolute atomic E-state index is 14.0. The largest absolute Gasteiger partial charge is 0.457 e. The average molecular weight is 562 g/mol. The van der Waals surface area contributed by atoms with Crippen LogP contribution in [0.2, 0.25) is 0 Å². The van der Waals surface area contributed by atoms with Gasteiger partial charge in [0.05, 0.1) is 17.3 Å². The minimum Gasteiger partial charge on any atom is -0.457 e. The van der Waals surface area contributed by atoms with Crippen LogP contribution in [0, 0.1) is 5.92 Å². The van der Waals surface area contributed by atoms with Gasteiger partial charge < -0.3 is 15.0 Å². The van der Waals surface area contributed by atoms with Gasteiger partial charge in [0.25, 0.3) is 5.91 Å². The SMILES string of the molecule is CC1CCN(c2ncc(C(=O)N[C@@H](C)c3cccc(Oc4ccncc4)c3)c(C3(c4ccccc4)CCCC3)n2)CC1. The Bertz CT molecular complexity index is 1500. The number of benzene rings is 2. The first-order chi connectivity index (χ1) is 20.5. The lowest BCUT2D eigenvalue weighted by Crippen LogP contribution is -2.37. The molecular formula is C35H39N5O2. The number of anilines is 1. The smallest absolute Gasteiger partial charge is 0.255 e. The molecule has 3 heterocycles. The third-order valence-electron chi connectivity index (χ3n) is 8.92. The molecule has 1 atom stereocenters. The highest BCUT2D eigenvalue weighted by atomic mass is 16.5. The van der Waals surface area contributed by atoms with E-state index in [0.717, 1.165) is 68.8 Å². The van der Waals surface area contributed by atoms with Gasteiger partial charge >= 0.3 is 0 Å². The number of nitrogens with one attached hydrogen (secondary N) is 1. The van der Waals surface area contributed by atoms with Gasteiger partial charge in [-0.25, -0.2) is 9.97 Å². The monoisotopic (exact) mass is 561 g/mol. The molecule has 1 N–H and O–H groups in total. The van der Waals surface area contributed by atoms with Gasteiger partial charge in [0.2, 0.25) is 5.95 Å². The number of amides is 1. The third-order valence-corrected chi connectivity index (χ3v) is 8.92. The molecule has 216 valence electrons. The molecule has 2 fully saturated rings. The lowest BCUT2D eigenvalue weighted by Gasteiger charge is -2.34. The van der Waals surface area contributed by atoms with Crippen LogP contribution in [0.25, 0.3) is 0 Å². The van der Waals surface area contributed by atoms with Crippen molar-refractivity contribution in [1.29, 1.82) is 0 Å². The van der Waals surface area contributed by atoms with E-state index < -0.39 is 0 Å². The van der Waals surface area contributed by atoms with E-state index in [9.17, 15) is 4.79 Å². The number of hydrogen-bond donors (Lipinski definition) is 1. The van der Waals surface area contributed by atoms with Crippen LogP contribution < -0.4 is 15.0 Å². The van der Waals surface area contributed by atoms with Crippen molar-refractivity contribution in [2.24, 2.45) is 5.92 Å². The highest BCUT2D eigenvalue weighted by molar-refractivity contribution is 5.96. The molecule has 6 rings (SSSR count). The molecule has 7 heteroatoms. The second kappa shape index (κ2) is 12.3. The van der Waals surface area contributed by atoms with Crippen LogP contribution in [0.15, 0.2) is 85.3 Å². The first-order valence-corrected chi connectivity index (χ1v) is 15.2. The van der Waals surface area contributed by atoms with Crippen LogP contribution in [0.4, 0.5) is 5.95 Å². The second-order valence-electron chi connectivity index (χ2n) is 11.8. The Morgan fingerprint density at radius 1 is 0.976 bits per heavy atom. The molecule has 0 bridgehead atoms. The van der Waals surface area contributed by atoms with Crippen LogP contribution in [0.3, 0.4) is 0 Å². The minimum absolute atomic E-state index is 0.154. The molecule has 2 aliphatic rings. The van der Waals surface area contributed by atoms with Crippen molar-refractivity contribution in [3.8, 4) is 11.5 Å². The predicted octanol–water partition coefficient (Wildman–Crippen LogP) is 7.25. The van der Waals surface area contributed by atoms with Crippen LogP contribution in [-0.4, -0.2) is 33.9 Å². The Morgan fingerprint density at radius 3 is 2.45 bits per heavy atom. The van der Waals surface area contributed by atoms with Crippen LogP contribution in [0.5, 0.6) is 11.5 Å². The van der Waals surface area contributed by atoms with Crippen molar-refractivity contribution in [3.05, 3.63) is 108 Å². The molecule has 7 nitrogen and oxygen atoms in total. The molecule has 2 aromatic heterocycles. The third kappa shape index (κ3) is 5.87.